The smallest absolute Gasteiger partial charge is 0.462 e. The fourth-order valence-electron chi connectivity index (χ4n) is 12.9. The predicted octanol–water partition coefficient (Wildman–Crippen LogP) is 25.2. The first-order valence-electron chi connectivity index (χ1n) is 43.1. The third kappa shape index (κ3) is 76.3. The Bertz CT molecular complexity index is 1940. The summed E-state index contributed by atoms with van der Waals surface area (Å²) in [6.45, 7) is 7.37. The summed E-state index contributed by atoms with van der Waals surface area (Å²) in [4.78, 5) is 73.1. The number of hydrogen-bond donors (Lipinski definition) is 3. The minimum Gasteiger partial charge on any atom is -0.462 e. The Balaban J connectivity index is 5.22. The van der Waals surface area contributed by atoms with Crippen molar-refractivity contribution in [3.05, 3.63) is 0 Å². The molecule has 0 saturated carbocycles. The van der Waals surface area contributed by atoms with Gasteiger partial charge in [-0.15, -0.1) is 0 Å². The van der Waals surface area contributed by atoms with Crippen LogP contribution in [-0.2, 0) is 65.4 Å². The van der Waals surface area contributed by atoms with Gasteiger partial charge in [0.15, 0.2) is 12.2 Å². The largest absolute Gasteiger partial charge is 0.472 e. The van der Waals surface area contributed by atoms with Gasteiger partial charge in [0.2, 0.25) is 0 Å². The lowest BCUT2D eigenvalue weighted by Crippen LogP contribution is -2.30. The number of phosphoric acid groups is 2. The summed E-state index contributed by atoms with van der Waals surface area (Å²) >= 11 is 0. The van der Waals surface area contributed by atoms with Crippen molar-refractivity contribution in [3.63, 3.8) is 0 Å². The quantitative estimate of drug-likeness (QED) is 0.0222. The summed E-state index contributed by atoms with van der Waals surface area (Å²) in [6, 6.07) is 0. The van der Waals surface area contributed by atoms with E-state index in [0.717, 1.165) is 95.8 Å². The van der Waals surface area contributed by atoms with Crippen molar-refractivity contribution in [2.75, 3.05) is 39.6 Å². The maximum absolute atomic E-state index is 13.1. The van der Waals surface area contributed by atoms with E-state index in [4.69, 9.17) is 37.0 Å². The van der Waals surface area contributed by atoms with E-state index < -0.39 is 97.5 Å². The van der Waals surface area contributed by atoms with E-state index in [1.54, 1.807) is 0 Å². The van der Waals surface area contributed by atoms with Gasteiger partial charge in [-0.3, -0.25) is 37.3 Å². The van der Waals surface area contributed by atoms with Crippen LogP contribution in [0.25, 0.3) is 0 Å². The summed E-state index contributed by atoms with van der Waals surface area (Å²) in [5.41, 5.74) is 0. The molecule has 0 saturated heterocycles. The molecule has 0 bridgehead atoms. The number of hydrogen-bond acceptors (Lipinski definition) is 15. The SMILES string of the molecule is CCCCCCCCCCCCCCCCCCCCCC(=O)OC[C@H](COP(=O)(O)OC[C@@H](O)COP(=O)(O)OC[C@@H](COC(=O)CCCCCCCCCCCC)OC(=O)CCCCCCCCCCCCCCCC)OC(=O)CCCCCCCCCCCCCCCCCCC(C)C. The van der Waals surface area contributed by atoms with E-state index in [0.29, 0.717) is 25.7 Å². The molecule has 102 heavy (non-hydrogen) atoms. The van der Waals surface area contributed by atoms with Crippen molar-refractivity contribution in [1.29, 1.82) is 0 Å². The number of rotatable bonds is 83. The molecule has 5 atom stereocenters. The van der Waals surface area contributed by atoms with Gasteiger partial charge in [0, 0.05) is 25.7 Å². The van der Waals surface area contributed by atoms with Crippen molar-refractivity contribution in [3.8, 4) is 0 Å². The third-order valence-corrected chi connectivity index (χ3v) is 21.4. The van der Waals surface area contributed by atoms with Crippen LogP contribution < -0.4 is 0 Å². The van der Waals surface area contributed by atoms with Crippen molar-refractivity contribution in [2.45, 2.75) is 464 Å². The van der Waals surface area contributed by atoms with E-state index >= 15 is 0 Å². The van der Waals surface area contributed by atoms with Gasteiger partial charge in [-0.05, 0) is 31.6 Å². The highest BCUT2D eigenvalue weighted by atomic mass is 31.2. The molecule has 0 aromatic carbocycles. The van der Waals surface area contributed by atoms with E-state index in [9.17, 15) is 43.2 Å². The average molecular weight is 1490 g/mol. The van der Waals surface area contributed by atoms with Crippen LogP contribution in [0.2, 0.25) is 0 Å². The Morgan fingerprint density at radius 2 is 0.451 bits per heavy atom. The molecule has 3 N–H and O–H groups in total. The second kappa shape index (κ2) is 75.9. The Labute approximate surface area is 626 Å². The van der Waals surface area contributed by atoms with E-state index in [1.807, 2.05) is 0 Å². The number of carbonyl (C=O) groups is 4. The van der Waals surface area contributed by atoms with Crippen molar-refractivity contribution < 1.29 is 80.2 Å². The van der Waals surface area contributed by atoms with Crippen LogP contribution in [0, 0.1) is 5.92 Å². The maximum Gasteiger partial charge on any atom is 0.472 e. The number of carbonyl (C=O) groups excluding carboxylic acids is 4. The van der Waals surface area contributed by atoms with Gasteiger partial charge in [0.1, 0.15) is 19.3 Å². The lowest BCUT2D eigenvalue weighted by atomic mass is 10.0. The molecule has 0 fully saturated rings. The van der Waals surface area contributed by atoms with Gasteiger partial charge in [-0.25, -0.2) is 9.13 Å². The summed E-state index contributed by atoms with van der Waals surface area (Å²) in [5, 5.41) is 10.7. The Morgan fingerprint density at radius 3 is 0.667 bits per heavy atom. The molecule has 17 nitrogen and oxygen atoms in total. The molecule has 0 aliphatic rings. The molecule has 0 aromatic rings. The monoisotopic (exact) mass is 1490 g/mol. The molecule has 0 aliphatic carbocycles. The fraction of sp³-hybridized carbons (Fsp3) is 0.952. The molecule has 0 spiro atoms. The van der Waals surface area contributed by atoms with E-state index in [-0.39, 0.29) is 25.7 Å². The second-order valence-corrected chi connectivity index (χ2v) is 33.3. The number of esters is 4. The second-order valence-electron chi connectivity index (χ2n) is 30.3. The Kier molecular flexibility index (Phi) is 74.4. The number of aliphatic hydroxyl groups excluding tert-OH is 1. The summed E-state index contributed by atoms with van der Waals surface area (Å²) in [6.07, 6.45) is 67.9. The molecule has 0 radical (unpaired) electrons. The number of unbranched alkanes of at least 4 members (excludes halogenated alkanes) is 55. The number of ether oxygens (including phenoxy) is 4. The zero-order chi connectivity index (χ0) is 74.8. The topological polar surface area (TPSA) is 237 Å². The average Bonchev–Trinajstić information content (AvgIpc) is 0.915. The van der Waals surface area contributed by atoms with E-state index in [2.05, 4.69) is 34.6 Å². The normalized spacial score (nSPS) is 13.8. The highest BCUT2D eigenvalue weighted by Gasteiger charge is 2.30. The highest BCUT2D eigenvalue weighted by Crippen LogP contribution is 2.45. The zero-order valence-corrected chi connectivity index (χ0v) is 68.5. The molecule has 606 valence electrons. The summed E-state index contributed by atoms with van der Waals surface area (Å²) in [7, 11) is -9.92. The van der Waals surface area contributed by atoms with Gasteiger partial charge < -0.3 is 33.8 Å². The van der Waals surface area contributed by atoms with Crippen LogP contribution in [0.5, 0.6) is 0 Å². The Hall–Kier alpha value is -1.94. The molecule has 0 aliphatic heterocycles. The van der Waals surface area contributed by atoms with Crippen molar-refractivity contribution >= 4 is 39.5 Å². The lowest BCUT2D eigenvalue weighted by molar-refractivity contribution is -0.161. The van der Waals surface area contributed by atoms with Crippen LogP contribution in [-0.4, -0.2) is 96.7 Å². The molecule has 0 amide bonds. The van der Waals surface area contributed by atoms with E-state index in [1.165, 1.54) is 270 Å². The van der Waals surface area contributed by atoms with Gasteiger partial charge in [-0.1, -0.05) is 394 Å². The summed E-state index contributed by atoms with van der Waals surface area (Å²) < 4.78 is 68.8. The van der Waals surface area contributed by atoms with Crippen LogP contribution in [0.15, 0.2) is 0 Å². The third-order valence-electron chi connectivity index (χ3n) is 19.5. The molecular formula is C83H162O17P2. The van der Waals surface area contributed by atoms with Gasteiger partial charge in [-0.2, -0.15) is 0 Å². The van der Waals surface area contributed by atoms with Crippen molar-refractivity contribution in [1.82, 2.24) is 0 Å². The van der Waals surface area contributed by atoms with Gasteiger partial charge in [0.05, 0.1) is 26.4 Å². The Morgan fingerprint density at radius 1 is 0.265 bits per heavy atom. The van der Waals surface area contributed by atoms with Gasteiger partial charge >= 0.3 is 39.5 Å². The summed E-state index contributed by atoms with van der Waals surface area (Å²) in [5.74, 6) is -1.29. The molecule has 0 aromatic heterocycles. The minimum atomic E-state index is -4.96. The molecule has 0 heterocycles. The first-order valence-corrected chi connectivity index (χ1v) is 46.1. The van der Waals surface area contributed by atoms with Crippen LogP contribution in [0.1, 0.15) is 446 Å². The van der Waals surface area contributed by atoms with Crippen LogP contribution in [0.4, 0.5) is 0 Å². The molecule has 0 rings (SSSR count). The highest BCUT2D eigenvalue weighted by molar-refractivity contribution is 7.47. The number of aliphatic hydroxyl groups is 1. The minimum absolute atomic E-state index is 0.108. The number of phosphoric ester groups is 2. The lowest BCUT2D eigenvalue weighted by Gasteiger charge is -2.21. The fourth-order valence-corrected chi connectivity index (χ4v) is 14.5. The zero-order valence-electron chi connectivity index (χ0n) is 66.8. The first kappa shape index (κ1) is 100. The standard InChI is InChI=1S/C83H162O17P2/c1-6-9-12-15-18-21-24-26-28-29-30-31-35-39-42-47-52-57-62-67-81(86)94-73-79(100-83(88)69-64-59-54-49-44-40-36-33-32-34-37-41-45-50-55-60-65-76(4)5)75-98-102(91,92)96-71-77(84)70-95-101(89,90)97-74-78(72-93-80(85)66-61-56-51-46-23-20-17-14-11-8-3)99-82(87)68-63-58-53-48-43-38-27-25-22-19-16-13-10-7-2/h76-79,84H,6-75H2,1-5H3,(H,89,90)(H,91,92)/t77-,78+,79+/m0/s1. The maximum atomic E-state index is 13.1. The molecule has 2 unspecified atom stereocenters. The first-order chi connectivity index (χ1) is 49.5. The predicted molar refractivity (Wildman–Crippen MR) is 418 cm³/mol. The van der Waals surface area contributed by atoms with Gasteiger partial charge in [0.25, 0.3) is 0 Å². The molecular weight excluding hydrogens is 1330 g/mol. The van der Waals surface area contributed by atoms with Crippen LogP contribution >= 0.6 is 15.6 Å². The van der Waals surface area contributed by atoms with Crippen LogP contribution in [0.3, 0.4) is 0 Å². The van der Waals surface area contributed by atoms with Crippen molar-refractivity contribution in [2.24, 2.45) is 5.92 Å². The molecule has 19 heteroatoms.